The number of allylic oxidation sites excluding steroid dienone is 1. The second-order valence-electron chi connectivity index (χ2n) is 13.9. The summed E-state index contributed by atoms with van der Waals surface area (Å²) in [6, 6.07) is 9.75. The molecule has 3 saturated carbocycles. The molecule has 0 aliphatic heterocycles. The average Bonchev–Trinajstić information content (AvgIpc) is 3.49. The van der Waals surface area contributed by atoms with Crippen molar-refractivity contribution in [1.82, 2.24) is 0 Å². The predicted octanol–water partition coefficient (Wildman–Crippen LogP) is 11.5. The first kappa shape index (κ1) is 37.1. The van der Waals surface area contributed by atoms with Crippen molar-refractivity contribution in [3.63, 3.8) is 0 Å². The fourth-order valence-corrected chi connectivity index (χ4v) is 16.2. The Morgan fingerprint density at radius 2 is 1.19 bits per heavy atom. The molecule has 6 rings (SSSR count). The van der Waals surface area contributed by atoms with E-state index in [1.807, 2.05) is 44.2 Å². The minimum absolute atomic E-state index is 0.0465. The van der Waals surface area contributed by atoms with Crippen molar-refractivity contribution in [2.75, 3.05) is 21.3 Å². The molecule has 0 radical (unpaired) electrons. The molecule has 0 saturated heterocycles. The number of fused-ring (bicyclic) bond motifs is 1. The molecule has 0 bridgehead atoms. The molecule has 4 aliphatic rings. The summed E-state index contributed by atoms with van der Waals surface area (Å²) in [4.78, 5) is 0. The maximum atomic E-state index is 6.44. The number of halogens is 2. The van der Waals surface area contributed by atoms with Gasteiger partial charge in [-0.1, -0.05) is 19.3 Å². The van der Waals surface area contributed by atoms with Crippen LogP contribution in [0, 0.1) is 0 Å². The van der Waals surface area contributed by atoms with Gasteiger partial charge in [0.15, 0.2) is 0 Å². The van der Waals surface area contributed by atoms with E-state index in [1.165, 1.54) is 17.0 Å². The first-order valence-electron chi connectivity index (χ1n) is 18.0. The van der Waals surface area contributed by atoms with Crippen LogP contribution in [0.2, 0.25) is 0 Å². The Balaban J connectivity index is 0.000000198. The third-order valence-corrected chi connectivity index (χ3v) is 18.2. The van der Waals surface area contributed by atoms with E-state index < -0.39 is 13.5 Å². The van der Waals surface area contributed by atoms with Crippen LogP contribution in [0.3, 0.4) is 0 Å². The van der Waals surface area contributed by atoms with Crippen LogP contribution in [0.4, 0.5) is 0 Å². The quantitative estimate of drug-likeness (QED) is 0.144. The Bertz CT molecular complexity index is 1320. The molecule has 4 nitrogen and oxygen atoms in total. The van der Waals surface area contributed by atoms with E-state index in [9.17, 15) is 0 Å². The van der Waals surface area contributed by atoms with Crippen LogP contribution < -0.4 is 14.2 Å². The zero-order valence-corrected chi connectivity index (χ0v) is 33.4. The summed E-state index contributed by atoms with van der Waals surface area (Å²) in [5.41, 5.74) is 7.63. The molecule has 0 spiro atoms. The van der Waals surface area contributed by atoms with Crippen molar-refractivity contribution < 1.29 is 32.5 Å². The summed E-state index contributed by atoms with van der Waals surface area (Å²) in [6.45, 7) is 4.00. The summed E-state index contributed by atoms with van der Waals surface area (Å²) in [5, 5.41) is 0. The van der Waals surface area contributed by atoms with Crippen molar-refractivity contribution in [2.45, 2.75) is 133 Å². The topological polar surface area (TPSA) is 40.5 Å². The number of hydrogen-bond donors (Lipinski definition) is 0. The maximum absolute atomic E-state index is 6.44. The normalized spacial score (nSPS) is 19.6. The van der Waals surface area contributed by atoms with E-state index in [-0.39, 0.29) is 14.0 Å². The summed E-state index contributed by atoms with van der Waals surface area (Å²) >= 11 is -2.17. The van der Waals surface area contributed by atoms with Gasteiger partial charge in [-0.15, -0.1) is 0 Å². The molecule has 47 heavy (non-hydrogen) atoms. The molecule has 262 valence electrons. The third-order valence-electron chi connectivity index (χ3n) is 10.5. The average molecular weight is 793 g/mol. The molecular formula is C39H57Cl2O4PRu+2. The monoisotopic (exact) mass is 792 g/mol. The van der Waals surface area contributed by atoms with Crippen molar-refractivity contribution in [1.29, 1.82) is 0 Å². The number of aromatic hydroxyl groups is 1. The van der Waals surface area contributed by atoms with Gasteiger partial charge < -0.3 is 0 Å². The van der Waals surface area contributed by atoms with Crippen LogP contribution >= 0.6 is 27.3 Å². The first-order chi connectivity index (χ1) is 22.8. The second-order valence-corrected chi connectivity index (χ2v) is 23.2. The van der Waals surface area contributed by atoms with Crippen LogP contribution in [-0.4, -0.2) is 53.3 Å². The van der Waals surface area contributed by atoms with E-state index in [1.54, 1.807) is 118 Å². The van der Waals surface area contributed by atoms with Crippen molar-refractivity contribution in [3.8, 4) is 23.0 Å². The van der Waals surface area contributed by atoms with Crippen molar-refractivity contribution >= 4 is 37.0 Å². The summed E-state index contributed by atoms with van der Waals surface area (Å²) in [7, 11) is 17.9. The molecule has 0 heterocycles. The van der Waals surface area contributed by atoms with Crippen molar-refractivity contribution in [2.24, 2.45) is 0 Å². The molecular weight excluding hydrogens is 735 g/mol. The van der Waals surface area contributed by atoms with Crippen LogP contribution in [-0.2, 0) is 13.5 Å². The Labute approximate surface area is 298 Å². The van der Waals surface area contributed by atoms with Gasteiger partial charge in [-0.25, -0.2) is 0 Å². The zero-order valence-electron chi connectivity index (χ0n) is 29.2. The summed E-state index contributed by atoms with van der Waals surface area (Å²) < 4.78 is 22.2. The van der Waals surface area contributed by atoms with Gasteiger partial charge in [0, 0.05) is 7.92 Å². The van der Waals surface area contributed by atoms with Gasteiger partial charge in [0.2, 0.25) is 0 Å². The minimum atomic E-state index is -2.17. The zero-order chi connectivity index (χ0) is 33.3. The van der Waals surface area contributed by atoms with Gasteiger partial charge in [0.25, 0.3) is 0 Å². The molecule has 4 aliphatic carbocycles. The molecule has 2 aromatic carbocycles. The van der Waals surface area contributed by atoms with Gasteiger partial charge in [0.05, 0.1) is 17.0 Å². The Morgan fingerprint density at radius 3 is 1.60 bits per heavy atom. The van der Waals surface area contributed by atoms with Gasteiger partial charge in [-0.3, -0.25) is 0 Å². The molecule has 0 atom stereocenters. The number of hydrogen-bond acceptors (Lipinski definition) is 3. The Hall–Kier alpha value is -1.12. The van der Waals surface area contributed by atoms with Crippen LogP contribution in [0.25, 0.3) is 5.57 Å². The van der Waals surface area contributed by atoms with Crippen LogP contribution in [0.1, 0.15) is 127 Å². The fourth-order valence-electron chi connectivity index (χ4n) is 8.46. The fraction of sp³-hybridized carbons (Fsp3) is 0.615. The number of ether oxygens (including phenoxy) is 4. The van der Waals surface area contributed by atoms with Gasteiger partial charge in [-0.2, -0.15) is 0 Å². The van der Waals surface area contributed by atoms with Gasteiger partial charge >= 0.3 is 179 Å². The number of methoxy groups -OCH3 is 2. The summed E-state index contributed by atoms with van der Waals surface area (Å²) in [5.74, 6) is 3.01. The Morgan fingerprint density at radius 1 is 0.702 bits per heavy atom. The molecule has 0 aromatic heterocycles. The SMILES string of the molecule is C1CCC([PH+](C2CCCCC2)C2CCCCC2)CC1.COc1cc(OC)cc(C2=C[C](=[Ru]([Cl])[Cl])c3c([OH+]C)cc(OC(C)C)cc32)c1. The van der Waals surface area contributed by atoms with Crippen molar-refractivity contribution in [3.05, 3.63) is 53.1 Å². The van der Waals surface area contributed by atoms with E-state index in [0.717, 1.165) is 37.9 Å². The number of aliphatic hydroxyl groups is 1. The molecule has 0 amide bonds. The van der Waals surface area contributed by atoms with E-state index in [0.29, 0.717) is 11.5 Å². The third kappa shape index (κ3) is 9.57. The van der Waals surface area contributed by atoms with E-state index in [4.69, 9.17) is 33.6 Å². The predicted molar refractivity (Wildman–Crippen MR) is 201 cm³/mol. The van der Waals surface area contributed by atoms with Gasteiger partial charge in [0.1, 0.15) is 0 Å². The Kier molecular flexibility index (Phi) is 14.4. The number of rotatable bonds is 9. The number of benzene rings is 2. The summed E-state index contributed by atoms with van der Waals surface area (Å²) in [6.07, 6.45) is 25.9. The molecule has 3 fully saturated rings. The molecule has 8 heteroatoms. The van der Waals surface area contributed by atoms with Crippen LogP contribution in [0.5, 0.6) is 23.0 Å². The molecule has 0 unspecified atom stereocenters. The first-order valence-corrected chi connectivity index (χ1v) is 25.0. The second kappa shape index (κ2) is 18.2. The van der Waals surface area contributed by atoms with E-state index >= 15 is 0 Å². The molecule has 1 N–H and O–H groups in total. The standard InChI is InChI=1S/C21H22O4.C18H33P.2ClH.Ru/c1-13(2)25-17-11-20-18(6-7-19(20)21(12-17)24-5)14-8-15(22-3)10-16(9-14)23-4;1-4-10-16(11-5-1)19(17-12-6-2-7-13-17)18-14-8-3-9-15-18;;;/h6,8-13H,1-5H3;16-18H,1-15H2;2*1H;/q;;;;+2. The van der Waals surface area contributed by atoms with E-state index in [2.05, 4.69) is 10.8 Å². The van der Waals surface area contributed by atoms with Gasteiger partial charge in [-0.05, 0) is 77.0 Å². The molecule has 2 aromatic rings. The van der Waals surface area contributed by atoms with Crippen LogP contribution in [0.15, 0.2) is 36.4 Å².